The van der Waals surface area contributed by atoms with Crippen LogP contribution in [0.5, 0.6) is 5.75 Å². The number of ether oxygens (including phenoxy) is 3. The number of furan rings is 1. The number of carbonyl (C=O) groups excluding carboxylic acids is 1. The number of aromatic nitrogens is 1. The molecular formula is C22H25NO6. The van der Waals surface area contributed by atoms with Crippen LogP contribution in [0.4, 0.5) is 0 Å². The van der Waals surface area contributed by atoms with Crippen LogP contribution in [0.15, 0.2) is 51.5 Å². The summed E-state index contributed by atoms with van der Waals surface area (Å²) in [6.07, 6.45) is 1.41. The summed E-state index contributed by atoms with van der Waals surface area (Å²) in [7, 11) is 0. The van der Waals surface area contributed by atoms with Crippen molar-refractivity contribution in [1.29, 1.82) is 0 Å². The molecule has 3 rings (SSSR count). The smallest absolute Gasteiger partial charge is 0.335 e. The van der Waals surface area contributed by atoms with Gasteiger partial charge in [0.1, 0.15) is 23.8 Å². The van der Waals surface area contributed by atoms with Crippen molar-refractivity contribution in [2.45, 2.75) is 39.9 Å². The summed E-state index contributed by atoms with van der Waals surface area (Å²) in [5, 5.41) is 0. The van der Waals surface area contributed by atoms with E-state index >= 15 is 0 Å². The van der Waals surface area contributed by atoms with Gasteiger partial charge >= 0.3 is 5.97 Å². The van der Waals surface area contributed by atoms with Gasteiger partial charge in [-0.25, -0.2) is 9.78 Å². The van der Waals surface area contributed by atoms with Gasteiger partial charge in [-0.15, -0.1) is 0 Å². The first-order valence-corrected chi connectivity index (χ1v) is 9.60. The number of rotatable bonds is 10. The molecule has 0 aliphatic heterocycles. The lowest BCUT2D eigenvalue weighted by Gasteiger charge is -2.15. The third-order valence-electron chi connectivity index (χ3n) is 4.26. The topological polar surface area (TPSA) is 83.9 Å². The van der Waals surface area contributed by atoms with Crippen molar-refractivity contribution >= 4 is 5.97 Å². The summed E-state index contributed by atoms with van der Waals surface area (Å²) in [5.41, 5.74) is 1.67. The van der Waals surface area contributed by atoms with E-state index in [0.29, 0.717) is 48.5 Å². The Labute approximate surface area is 169 Å². The highest BCUT2D eigenvalue weighted by Crippen LogP contribution is 2.23. The number of hydrogen-bond acceptors (Lipinski definition) is 7. The van der Waals surface area contributed by atoms with E-state index in [-0.39, 0.29) is 12.6 Å². The second kappa shape index (κ2) is 9.93. The van der Waals surface area contributed by atoms with Crippen molar-refractivity contribution in [2.24, 2.45) is 0 Å². The van der Waals surface area contributed by atoms with Gasteiger partial charge in [0, 0.05) is 13.0 Å². The van der Waals surface area contributed by atoms with Gasteiger partial charge in [0.2, 0.25) is 0 Å². The van der Waals surface area contributed by atoms with E-state index in [9.17, 15) is 4.79 Å². The molecule has 2 heterocycles. The van der Waals surface area contributed by atoms with E-state index in [2.05, 4.69) is 4.98 Å². The van der Waals surface area contributed by atoms with Gasteiger partial charge in [0.05, 0.1) is 12.9 Å². The van der Waals surface area contributed by atoms with Crippen molar-refractivity contribution in [3.8, 4) is 17.4 Å². The van der Waals surface area contributed by atoms with Crippen LogP contribution in [-0.2, 0) is 27.3 Å². The molecule has 0 aliphatic rings. The van der Waals surface area contributed by atoms with Crippen LogP contribution in [0, 0.1) is 6.92 Å². The third kappa shape index (κ3) is 5.48. The van der Waals surface area contributed by atoms with Crippen LogP contribution in [0.1, 0.15) is 30.9 Å². The van der Waals surface area contributed by atoms with E-state index in [1.54, 1.807) is 25.3 Å². The Morgan fingerprint density at radius 2 is 1.93 bits per heavy atom. The van der Waals surface area contributed by atoms with Crippen molar-refractivity contribution in [1.82, 2.24) is 4.98 Å². The first kappa shape index (κ1) is 20.7. The van der Waals surface area contributed by atoms with E-state index in [1.165, 1.54) is 0 Å². The van der Waals surface area contributed by atoms with Gasteiger partial charge in [-0.3, -0.25) is 0 Å². The number of hydrogen-bond donors (Lipinski definition) is 0. The maximum atomic E-state index is 12.0. The second-order valence-electron chi connectivity index (χ2n) is 6.33. The normalized spacial score (nSPS) is 12.0. The summed E-state index contributed by atoms with van der Waals surface area (Å²) in [4.78, 5) is 16.4. The van der Waals surface area contributed by atoms with E-state index in [4.69, 9.17) is 23.0 Å². The number of nitrogens with zero attached hydrogens (tertiary/aromatic N) is 1. The average Bonchev–Trinajstić information content (AvgIpc) is 3.37. The Morgan fingerprint density at radius 3 is 2.59 bits per heavy atom. The first-order valence-electron chi connectivity index (χ1n) is 9.60. The number of carbonyl (C=O) groups is 1. The van der Waals surface area contributed by atoms with Crippen LogP contribution in [0.3, 0.4) is 0 Å². The summed E-state index contributed by atoms with van der Waals surface area (Å²) in [6.45, 7) is 6.53. The molecule has 0 radical (unpaired) electrons. The molecule has 7 heteroatoms. The van der Waals surface area contributed by atoms with Crippen molar-refractivity contribution in [3.63, 3.8) is 0 Å². The molecule has 2 aromatic heterocycles. The molecule has 3 aromatic rings. The highest BCUT2D eigenvalue weighted by atomic mass is 16.6. The number of esters is 1. The molecular weight excluding hydrogens is 374 g/mol. The average molecular weight is 399 g/mol. The van der Waals surface area contributed by atoms with Gasteiger partial charge in [0.15, 0.2) is 11.9 Å². The van der Waals surface area contributed by atoms with Crippen LogP contribution < -0.4 is 4.74 Å². The third-order valence-corrected chi connectivity index (χ3v) is 4.26. The molecule has 1 aromatic carbocycles. The SMILES string of the molecule is CCOC(=O)[C@@H](Cc1ccc(OCc2nc(-c3ccco3)oc2C)cc1)OCC. The molecule has 0 spiro atoms. The number of oxazole rings is 1. The minimum Gasteiger partial charge on any atom is -0.487 e. The summed E-state index contributed by atoms with van der Waals surface area (Å²) in [6, 6.07) is 11.1. The fraction of sp³-hybridized carbons (Fsp3) is 0.364. The molecule has 29 heavy (non-hydrogen) atoms. The highest BCUT2D eigenvalue weighted by Gasteiger charge is 2.20. The van der Waals surface area contributed by atoms with Gasteiger partial charge in [-0.05, 0) is 50.6 Å². The predicted molar refractivity (Wildman–Crippen MR) is 105 cm³/mol. The summed E-state index contributed by atoms with van der Waals surface area (Å²) in [5.74, 6) is 2.04. The highest BCUT2D eigenvalue weighted by molar-refractivity contribution is 5.75. The van der Waals surface area contributed by atoms with Crippen LogP contribution in [0.25, 0.3) is 11.7 Å². The standard InChI is InChI=1S/C22H25NO6/c1-4-25-20(22(24)26-5-2)13-16-8-10-17(11-9-16)28-14-18-15(3)29-21(23-18)19-7-6-12-27-19/h6-12,20H,4-5,13-14H2,1-3H3/t20-/m1/s1. The molecule has 7 nitrogen and oxygen atoms in total. The molecule has 0 saturated heterocycles. The molecule has 0 fully saturated rings. The maximum absolute atomic E-state index is 12.0. The maximum Gasteiger partial charge on any atom is 0.335 e. The summed E-state index contributed by atoms with van der Waals surface area (Å²) < 4.78 is 27.3. The van der Waals surface area contributed by atoms with Gasteiger partial charge < -0.3 is 23.0 Å². The lowest BCUT2D eigenvalue weighted by molar-refractivity contribution is -0.156. The quantitative estimate of drug-likeness (QED) is 0.469. The van der Waals surface area contributed by atoms with E-state index in [0.717, 1.165) is 5.56 Å². The molecule has 0 unspecified atom stereocenters. The van der Waals surface area contributed by atoms with Gasteiger partial charge in [0.25, 0.3) is 5.89 Å². The lowest BCUT2D eigenvalue weighted by Crippen LogP contribution is -2.28. The van der Waals surface area contributed by atoms with E-state index < -0.39 is 6.10 Å². The van der Waals surface area contributed by atoms with Gasteiger partial charge in [-0.2, -0.15) is 0 Å². The minimum atomic E-state index is -0.607. The Kier molecular flexibility index (Phi) is 7.08. The van der Waals surface area contributed by atoms with Crippen LogP contribution >= 0.6 is 0 Å². The van der Waals surface area contributed by atoms with Crippen LogP contribution in [0.2, 0.25) is 0 Å². The molecule has 0 amide bonds. The largest absolute Gasteiger partial charge is 0.487 e. The van der Waals surface area contributed by atoms with E-state index in [1.807, 2.05) is 38.1 Å². The molecule has 1 atom stereocenters. The van der Waals surface area contributed by atoms with Crippen molar-refractivity contribution < 1.29 is 27.8 Å². The Hall–Kier alpha value is -3.06. The Bertz CT molecular complexity index is 898. The molecule has 0 bridgehead atoms. The zero-order valence-electron chi connectivity index (χ0n) is 16.8. The predicted octanol–water partition coefficient (Wildman–Crippen LogP) is 4.33. The zero-order chi connectivity index (χ0) is 20.6. The number of aryl methyl sites for hydroxylation is 1. The number of benzene rings is 1. The Morgan fingerprint density at radius 1 is 1.14 bits per heavy atom. The molecule has 0 saturated carbocycles. The zero-order valence-corrected chi connectivity index (χ0v) is 16.8. The minimum absolute atomic E-state index is 0.278. The van der Waals surface area contributed by atoms with Crippen molar-refractivity contribution in [3.05, 3.63) is 59.7 Å². The summed E-state index contributed by atoms with van der Waals surface area (Å²) >= 11 is 0. The molecule has 0 aliphatic carbocycles. The van der Waals surface area contributed by atoms with Gasteiger partial charge in [-0.1, -0.05) is 12.1 Å². The fourth-order valence-electron chi connectivity index (χ4n) is 2.80. The monoisotopic (exact) mass is 399 g/mol. The first-order chi connectivity index (χ1) is 14.1. The fourth-order valence-corrected chi connectivity index (χ4v) is 2.80. The molecule has 0 N–H and O–H groups in total. The molecule has 154 valence electrons. The van der Waals surface area contributed by atoms with Crippen molar-refractivity contribution in [2.75, 3.05) is 13.2 Å². The lowest BCUT2D eigenvalue weighted by atomic mass is 10.1. The Balaban J connectivity index is 1.58. The second-order valence-corrected chi connectivity index (χ2v) is 6.33. The van der Waals surface area contributed by atoms with Crippen LogP contribution in [-0.4, -0.2) is 30.3 Å².